The zero-order valence-corrected chi connectivity index (χ0v) is 9.85. The molecule has 2 N–H and O–H groups in total. The highest BCUT2D eigenvalue weighted by Gasteiger charge is 2.20. The quantitative estimate of drug-likeness (QED) is 0.817. The van der Waals surface area contributed by atoms with Crippen LogP contribution in [-0.4, -0.2) is 5.91 Å². The van der Waals surface area contributed by atoms with E-state index < -0.39 is 0 Å². The molecule has 0 saturated carbocycles. The Hall–Kier alpha value is -2.29. The molecule has 1 amide bonds. The van der Waals surface area contributed by atoms with Gasteiger partial charge in [0.2, 0.25) is 5.91 Å². The summed E-state index contributed by atoms with van der Waals surface area (Å²) >= 11 is 0. The van der Waals surface area contributed by atoms with Crippen molar-refractivity contribution < 1.29 is 9.53 Å². The van der Waals surface area contributed by atoms with E-state index in [0.29, 0.717) is 12.0 Å². The Morgan fingerprint density at radius 3 is 2.89 bits per heavy atom. The van der Waals surface area contributed by atoms with Crippen LogP contribution < -0.4 is 10.5 Å². The van der Waals surface area contributed by atoms with E-state index >= 15 is 0 Å². The first-order chi connectivity index (χ1) is 8.74. The summed E-state index contributed by atoms with van der Waals surface area (Å²) in [5, 5.41) is 0. The van der Waals surface area contributed by atoms with Crippen LogP contribution in [0.4, 0.5) is 0 Å². The summed E-state index contributed by atoms with van der Waals surface area (Å²) in [4.78, 5) is 11.2. The lowest BCUT2D eigenvalue weighted by atomic mass is 9.97. The van der Waals surface area contributed by atoms with E-state index in [2.05, 4.69) is 6.08 Å². The van der Waals surface area contributed by atoms with Crippen LogP contribution in [-0.2, 0) is 11.2 Å². The van der Waals surface area contributed by atoms with E-state index in [4.69, 9.17) is 10.5 Å². The van der Waals surface area contributed by atoms with Gasteiger partial charge < -0.3 is 10.5 Å². The predicted molar refractivity (Wildman–Crippen MR) is 68.8 cm³/mol. The van der Waals surface area contributed by atoms with Crippen LogP contribution in [0.25, 0.3) is 0 Å². The third-order valence-electron chi connectivity index (χ3n) is 3.21. The summed E-state index contributed by atoms with van der Waals surface area (Å²) < 4.78 is 5.89. The number of fused-ring (bicyclic) bond motifs is 2. The average molecular weight is 239 g/mol. The fraction of sp³-hybridized carbons (Fsp3) is 0.133. The summed E-state index contributed by atoms with van der Waals surface area (Å²) in [6, 6.07) is 7.96. The number of para-hydroxylation sites is 1. The van der Waals surface area contributed by atoms with Crippen LogP contribution >= 0.6 is 0 Å². The van der Waals surface area contributed by atoms with Gasteiger partial charge in [-0.1, -0.05) is 24.3 Å². The Balaban J connectivity index is 1.99. The van der Waals surface area contributed by atoms with Gasteiger partial charge in [0.05, 0.1) is 0 Å². The van der Waals surface area contributed by atoms with Crippen LogP contribution in [0.1, 0.15) is 12.0 Å². The number of benzene rings is 1. The van der Waals surface area contributed by atoms with E-state index in [1.807, 2.05) is 30.3 Å². The molecule has 90 valence electrons. The van der Waals surface area contributed by atoms with Gasteiger partial charge in [-0.15, -0.1) is 0 Å². The van der Waals surface area contributed by atoms with Gasteiger partial charge in [-0.3, -0.25) is 4.79 Å². The number of allylic oxidation sites excluding steroid dienone is 4. The van der Waals surface area contributed by atoms with Gasteiger partial charge in [0.25, 0.3) is 0 Å². The standard InChI is InChI=1S/C15H13NO2/c16-15(17)12-7-8-14-11(9-12)6-5-10-3-1-2-4-13(10)18-14/h1-4,6-8H,5,9H2,(H2,16,17). The number of carbonyl (C=O) groups is 1. The second kappa shape index (κ2) is 4.18. The molecule has 0 unspecified atom stereocenters. The molecule has 0 spiro atoms. The predicted octanol–water partition coefficient (Wildman–Crippen LogP) is 2.25. The SMILES string of the molecule is NC(=O)C1=CC=C2Oc3ccccc3CC=C2C1. The number of nitrogens with two attached hydrogens (primary N) is 1. The largest absolute Gasteiger partial charge is 0.457 e. The normalized spacial score (nSPS) is 17.2. The van der Waals surface area contributed by atoms with Gasteiger partial charge in [0.1, 0.15) is 11.5 Å². The lowest BCUT2D eigenvalue weighted by Gasteiger charge is -2.16. The zero-order chi connectivity index (χ0) is 12.5. The van der Waals surface area contributed by atoms with E-state index in [9.17, 15) is 4.79 Å². The third-order valence-corrected chi connectivity index (χ3v) is 3.21. The summed E-state index contributed by atoms with van der Waals surface area (Å²) in [7, 11) is 0. The Bertz CT molecular complexity index is 609. The Morgan fingerprint density at radius 1 is 1.22 bits per heavy atom. The number of amides is 1. The summed E-state index contributed by atoms with van der Waals surface area (Å²) in [6.45, 7) is 0. The van der Waals surface area contributed by atoms with Crippen LogP contribution in [0, 0.1) is 0 Å². The molecule has 0 saturated heterocycles. The van der Waals surface area contributed by atoms with Gasteiger partial charge >= 0.3 is 0 Å². The van der Waals surface area contributed by atoms with Crippen molar-refractivity contribution in [1.82, 2.24) is 0 Å². The molecule has 3 heteroatoms. The van der Waals surface area contributed by atoms with Crippen LogP contribution in [0.15, 0.2) is 59.4 Å². The molecule has 1 aliphatic carbocycles. The fourth-order valence-corrected chi connectivity index (χ4v) is 2.20. The molecule has 0 fully saturated rings. The van der Waals surface area contributed by atoms with Gasteiger partial charge in [-0.2, -0.15) is 0 Å². The van der Waals surface area contributed by atoms with Crippen LogP contribution in [0.3, 0.4) is 0 Å². The second-order valence-electron chi connectivity index (χ2n) is 4.41. The number of primary amides is 1. The highest BCUT2D eigenvalue weighted by atomic mass is 16.5. The lowest BCUT2D eigenvalue weighted by molar-refractivity contribution is -0.114. The number of hydrogen-bond acceptors (Lipinski definition) is 2. The number of ether oxygens (including phenoxy) is 1. The Kier molecular flexibility index (Phi) is 2.52. The molecular weight excluding hydrogens is 226 g/mol. The molecule has 2 aliphatic rings. The topological polar surface area (TPSA) is 52.3 Å². The maximum absolute atomic E-state index is 11.2. The first kappa shape index (κ1) is 10.8. The average Bonchev–Trinajstić information content (AvgIpc) is 2.56. The van der Waals surface area contributed by atoms with Gasteiger partial charge in [-0.25, -0.2) is 0 Å². The first-order valence-electron chi connectivity index (χ1n) is 5.90. The van der Waals surface area contributed by atoms with Crippen molar-refractivity contribution in [3.63, 3.8) is 0 Å². The third kappa shape index (κ3) is 1.84. The lowest BCUT2D eigenvalue weighted by Crippen LogP contribution is -2.17. The Morgan fingerprint density at radius 2 is 2.06 bits per heavy atom. The summed E-state index contributed by atoms with van der Waals surface area (Å²) in [5.41, 5.74) is 8.12. The minimum absolute atomic E-state index is 0.368. The van der Waals surface area contributed by atoms with Crippen molar-refractivity contribution in [2.45, 2.75) is 12.8 Å². The van der Waals surface area contributed by atoms with Crippen molar-refractivity contribution >= 4 is 5.91 Å². The maximum atomic E-state index is 11.2. The molecule has 18 heavy (non-hydrogen) atoms. The van der Waals surface area contributed by atoms with E-state index in [0.717, 1.165) is 29.1 Å². The number of carbonyl (C=O) groups excluding carboxylic acids is 1. The maximum Gasteiger partial charge on any atom is 0.244 e. The summed E-state index contributed by atoms with van der Waals surface area (Å²) in [6.07, 6.45) is 7.03. The first-order valence-corrected chi connectivity index (χ1v) is 5.90. The minimum atomic E-state index is -0.368. The minimum Gasteiger partial charge on any atom is -0.457 e. The Labute approximate surface area is 105 Å². The smallest absolute Gasteiger partial charge is 0.244 e. The van der Waals surface area contributed by atoms with Crippen molar-refractivity contribution in [1.29, 1.82) is 0 Å². The second-order valence-corrected chi connectivity index (χ2v) is 4.41. The summed E-state index contributed by atoms with van der Waals surface area (Å²) in [5.74, 6) is 1.32. The van der Waals surface area contributed by atoms with Crippen molar-refractivity contribution in [3.8, 4) is 5.75 Å². The molecule has 3 nitrogen and oxygen atoms in total. The highest BCUT2D eigenvalue weighted by Crippen LogP contribution is 2.32. The van der Waals surface area contributed by atoms with E-state index in [1.54, 1.807) is 6.08 Å². The molecule has 3 rings (SSSR count). The number of hydrogen-bond donors (Lipinski definition) is 1. The molecule has 1 aromatic carbocycles. The molecule has 0 radical (unpaired) electrons. The van der Waals surface area contributed by atoms with Gasteiger partial charge in [0.15, 0.2) is 0 Å². The van der Waals surface area contributed by atoms with Crippen molar-refractivity contribution in [3.05, 3.63) is 65.0 Å². The van der Waals surface area contributed by atoms with E-state index in [1.165, 1.54) is 0 Å². The highest BCUT2D eigenvalue weighted by molar-refractivity contribution is 5.93. The van der Waals surface area contributed by atoms with Gasteiger partial charge in [-0.05, 0) is 35.8 Å². The molecule has 1 heterocycles. The van der Waals surface area contributed by atoms with Crippen LogP contribution in [0.5, 0.6) is 5.75 Å². The number of rotatable bonds is 1. The monoisotopic (exact) mass is 239 g/mol. The van der Waals surface area contributed by atoms with E-state index in [-0.39, 0.29) is 5.91 Å². The van der Waals surface area contributed by atoms with Gasteiger partial charge in [0, 0.05) is 12.0 Å². The molecule has 0 aromatic heterocycles. The zero-order valence-electron chi connectivity index (χ0n) is 9.85. The molecule has 1 aromatic rings. The van der Waals surface area contributed by atoms with Crippen molar-refractivity contribution in [2.24, 2.45) is 5.73 Å². The fourth-order valence-electron chi connectivity index (χ4n) is 2.20. The van der Waals surface area contributed by atoms with Crippen molar-refractivity contribution in [2.75, 3.05) is 0 Å². The molecule has 0 atom stereocenters. The van der Waals surface area contributed by atoms with Crippen LogP contribution in [0.2, 0.25) is 0 Å². The molecule has 1 aliphatic heterocycles. The molecule has 0 bridgehead atoms. The molecular formula is C15H13NO2.